The lowest BCUT2D eigenvalue weighted by atomic mass is 10.1. The Bertz CT molecular complexity index is 1030. The van der Waals surface area contributed by atoms with E-state index >= 15 is 0 Å². The zero-order valence-electron chi connectivity index (χ0n) is 14.8. The Morgan fingerprint density at radius 2 is 1.89 bits per heavy atom. The van der Waals surface area contributed by atoms with Crippen molar-refractivity contribution in [2.75, 3.05) is 13.2 Å². The number of imidazole rings is 1. The highest BCUT2D eigenvalue weighted by atomic mass is 32.1. The van der Waals surface area contributed by atoms with Crippen molar-refractivity contribution < 1.29 is 14.3 Å². The second-order valence-corrected chi connectivity index (χ2v) is 6.63. The molecule has 1 aliphatic heterocycles. The van der Waals surface area contributed by atoms with E-state index in [2.05, 4.69) is 10.3 Å². The van der Waals surface area contributed by atoms with Crippen molar-refractivity contribution in [1.29, 1.82) is 0 Å². The van der Waals surface area contributed by atoms with E-state index < -0.39 is 0 Å². The van der Waals surface area contributed by atoms with Crippen LogP contribution in [-0.2, 0) is 0 Å². The van der Waals surface area contributed by atoms with Gasteiger partial charge in [-0.3, -0.25) is 9.36 Å². The van der Waals surface area contributed by atoms with Crippen molar-refractivity contribution in [2.45, 2.75) is 13.0 Å². The Morgan fingerprint density at radius 3 is 2.67 bits per heavy atom. The maximum absolute atomic E-state index is 12.9. The number of aromatic amines is 1. The van der Waals surface area contributed by atoms with Crippen LogP contribution >= 0.6 is 12.2 Å². The number of ether oxygens (including phenoxy) is 2. The number of hydrogen-bond donors (Lipinski definition) is 2. The number of aromatic nitrogens is 2. The molecule has 4 rings (SSSR count). The number of H-pyrrole nitrogens is 1. The molecule has 1 aliphatic rings. The standard InChI is InChI=1S/C20H19N3O3S/c1-13(14-7-8-17-18(11-14)26-10-9-25-17)22-19(24)16-12-21-20(27)23(16)15-5-3-2-4-6-15/h2-8,11-13H,9-10H2,1H3,(H,21,27)(H,22,24). The topological polar surface area (TPSA) is 68.3 Å². The summed E-state index contributed by atoms with van der Waals surface area (Å²) in [5.41, 5.74) is 2.23. The van der Waals surface area contributed by atoms with Crippen LogP contribution in [0.5, 0.6) is 11.5 Å². The predicted molar refractivity (Wildman–Crippen MR) is 104 cm³/mol. The summed E-state index contributed by atoms with van der Waals surface area (Å²) < 4.78 is 13.4. The van der Waals surface area contributed by atoms with Crippen LogP contribution in [0.4, 0.5) is 0 Å². The molecule has 2 heterocycles. The van der Waals surface area contributed by atoms with Gasteiger partial charge in [-0.15, -0.1) is 0 Å². The van der Waals surface area contributed by atoms with Gasteiger partial charge in [0, 0.05) is 11.9 Å². The van der Waals surface area contributed by atoms with Gasteiger partial charge in [-0.25, -0.2) is 0 Å². The highest BCUT2D eigenvalue weighted by Gasteiger charge is 2.19. The van der Waals surface area contributed by atoms with Crippen LogP contribution in [0.2, 0.25) is 0 Å². The summed E-state index contributed by atoms with van der Waals surface area (Å²) in [7, 11) is 0. The number of carbonyl (C=O) groups excluding carboxylic acids is 1. The fourth-order valence-electron chi connectivity index (χ4n) is 3.05. The number of rotatable bonds is 4. The molecule has 2 aromatic carbocycles. The summed E-state index contributed by atoms with van der Waals surface area (Å²) in [5.74, 6) is 1.22. The largest absolute Gasteiger partial charge is 0.486 e. The molecule has 0 radical (unpaired) electrons. The average Bonchev–Trinajstić information content (AvgIpc) is 3.09. The van der Waals surface area contributed by atoms with Crippen LogP contribution in [0, 0.1) is 4.77 Å². The number of nitrogens with one attached hydrogen (secondary N) is 2. The third-order valence-electron chi connectivity index (χ3n) is 4.44. The van der Waals surface area contributed by atoms with E-state index in [1.165, 1.54) is 0 Å². The minimum absolute atomic E-state index is 0.207. The molecular formula is C20H19N3O3S. The second-order valence-electron chi connectivity index (χ2n) is 6.25. The zero-order chi connectivity index (χ0) is 18.8. The van der Waals surface area contributed by atoms with Crippen LogP contribution < -0.4 is 14.8 Å². The first kappa shape index (κ1) is 17.4. The van der Waals surface area contributed by atoms with E-state index in [4.69, 9.17) is 21.7 Å². The average molecular weight is 381 g/mol. The van der Waals surface area contributed by atoms with Crippen molar-refractivity contribution in [1.82, 2.24) is 14.9 Å². The molecule has 6 nitrogen and oxygen atoms in total. The summed E-state index contributed by atoms with van der Waals surface area (Å²) in [6, 6.07) is 15.0. The molecule has 0 aliphatic carbocycles. The first-order valence-electron chi connectivity index (χ1n) is 8.70. The lowest BCUT2D eigenvalue weighted by Gasteiger charge is -2.21. The van der Waals surface area contributed by atoms with Gasteiger partial charge in [-0.1, -0.05) is 24.3 Å². The Hall–Kier alpha value is -3.06. The Labute approximate surface area is 161 Å². The fourth-order valence-corrected chi connectivity index (χ4v) is 3.31. The van der Waals surface area contributed by atoms with Crippen LogP contribution in [0.25, 0.3) is 5.69 Å². The fraction of sp³-hybridized carbons (Fsp3) is 0.200. The number of amides is 1. The maximum atomic E-state index is 12.9. The molecule has 2 N–H and O–H groups in total. The molecule has 0 spiro atoms. The zero-order valence-corrected chi connectivity index (χ0v) is 15.6. The monoisotopic (exact) mass is 381 g/mol. The number of benzene rings is 2. The molecule has 1 unspecified atom stereocenters. The number of nitrogens with zero attached hydrogens (tertiary/aromatic N) is 1. The minimum atomic E-state index is -0.214. The van der Waals surface area contributed by atoms with Gasteiger partial charge in [-0.2, -0.15) is 0 Å². The molecule has 1 atom stereocenters. The Morgan fingerprint density at radius 1 is 1.15 bits per heavy atom. The molecule has 27 heavy (non-hydrogen) atoms. The van der Waals surface area contributed by atoms with Gasteiger partial charge in [0.15, 0.2) is 16.3 Å². The van der Waals surface area contributed by atoms with Crippen molar-refractivity contribution in [3.8, 4) is 17.2 Å². The van der Waals surface area contributed by atoms with Crippen LogP contribution in [0.15, 0.2) is 54.7 Å². The molecule has 0 saturated heterocycles. The molecule has 0 saturated carbocycles. The van der Waals surface area contributed by atoms with Gasteiger partial charge in [-0.05, 0) is 49.0 Å². The predicted octanol–water partition coefficient (Wildman–Crippen LogP) is 3.80. The van der Waals surface area contributed by atoms with E-state index in [-0.39, 0.29) is 11.9 Å². The smallest absolute Gasteiger partial charge is 0.270 e. The second kappa shape index (κ2) is 7.28. The van der Waals surface area contributed by atoms with Gasteiger partial charge in [0.05, 0.1) is 6.04 Å². The Kier molecular flexibility index (Phi) is 4.68. The van der Waals surface area contributed by atoms with Gasteiger partial charge in [0.1, 0.15) is 18.9 Å². The number of para-hydroxylation sites is 1. The highest BCUT2D eigenvalue weighted by Crippen LogP contribution is 2.32. The number of fused-ring (bicyclic) bond motifs is 1. The lowest BCUT2D eigenvalue weighted by molar-refractivity contribution is 0.0932. The molecule has 3 aromatic rings. The first-order chi connectivity index (χ1) is 13.1. The molecular weight excluding hydrogens is 362 g/mol. The quantitative estimate of drug-likeness (QED) is 0.675. The van der Waals surface area contributed by atoms with Crippen LogP contribution in [0.1, 0.15) is 29.0 Å². The van der Waals surface area contributed by atoms with Gasteiger partial charge < -0.3 is 19.8 Å². The minimum Gasteiger partial charge on any atom is -0.486 e. The molecule has 138 valence electrons. The third kappa shape index (κ3) is 3.46. The summed E-state index contributed by atoms with van der Waals surface area (Å²) in [6.45, 7) is 3.01. The number of carbonyl (C=O) groups is 1. The summed E-state index contributed by atoms with van der Waals surface area (Å²) in [6.07, 6.45) is 1.63. The normalized spacial score (nSPS) is 13.8. The first-order valence-corrected chi connectivity index (χ1v) is 9.10. The van der Waals surface area contributed by atoms with Gasteiger partial charge >= 0.3 is 0 Å². The summed E-state index contributed by atoms with van der Waals surface area (Å²) in [4.78, 5) is 15.8. The van der Waals surface area contributed by atoms with Crippen LogP contribution in [0.3, 0.4) is 0 Å². The van der Waals surface area contributed by atoms with E-state index in [9.17, 15) is 4.79 Å². The van der Waals surface area contributed by atoms with Gasteiger partial charge in [0.25, 0.3) is 5.91 Å². The third-order valence-corrected chi connectivity index (χ3v) is 4.74. The molecule has 1 aromatic heterocycles. The van der Waals surface area contributed by atoms with E-state index in [1.54, 1.807) is 10.8 Å². The van der Waals surface area contributed by atoms with E-state index in [1.807, 2.05) is 55.5 Å². The number of hydrogen-bond acceptors (Lipinski definition) is 4. The SMILES string of the molecule is CC(NC(=O)c1c[nH]c(=S)n1-c1ccccc1)c1ccc2c(c1)OCCO2. The van der Waals surface area contributed by atoms with Crippen molar-refractivity contribution >= 4 is 18.1 Å². The van der Waals surface area contributed by atoms with E-state index in [0.717, 1.165) is 17.0 Å². The molecule has 1 amide bonds. The Balaban J connectivity index is 1.57. The van der Waals surface area contributed by atoms with Crippen molar-refractivity contribution in [3.63, 3.8) is 0 Å². The molecule has 7 heteroatoms. The highest BCUT2D eigenvalue weighted by molar-refractivity contribution is 7.71. The summed E-state index contributed by atoms with van der Waals surface area (Å²) >= 11 is 5.35. The van der Waals surface area contributed by atoms with Gasteiger partial charge in [0.2, 0.25) is 0 Å². The molecule has 0 bridgehead atoms. The van der Waals surface area contributed by atoms with E-state index in [0.29, 0.717) is 29.4 Å². The lowest BCUT2D eigenvalue weighted by Crippen LogP contribution is -2.28. The maximum Gasteiger partial charge on any atom is 0.270 e. The summed E-state index contributed by atoms with van der Waals surface area (Å²) in [5, 5.41) is 3.02. The van der Waals surface area contributed by atoms with Crippen molar-refractivity contribution in [2.24, 2.45) is 0 Å². The molecule has 0 fully saturated rings. The van der Waals surface area contributed by atoms with Crippen LogP contribution in [-0.4, -0.2) is 28.7 Å². The van der Waals surface area contributed by atoms with Crippen molar-refractivity contribution in [3.05, 3.63) is 70.8 Å².